The molecular formula is C18H22N4O2S. The van der Waals surface area contributed by atoms with E-state index in [-0.39, 0.29) is 17.4 Å². The van der Waals surface area contributed by atoms with Crippen LogP contribution in [0.4, 0.5) is 0 Å². The Morgan fingerprint density at radius 1 is 1.32 bits per heavy atom. The van der Waals surface area contributed by atoms with Crippen molar-refractivity contribution in [1.82, 2.24) is 19.7 Å². The van der Waals surface area contributed by atoms with Crippen LogP contribution in [0.2, 0.25) is 0 Å². The summed E-state index contributed by atoms with van der Waals surface area (Å²) in [7, 11) is 0. The number of fused-ring (bicyclic) bond motifs is 3. The van der Waals surface area contributed by atoms with Gasteiger partial charge in [0, 0.05) is 36.9 Å². The van der Waals surface area contributed by atoms with Gasteiger partial charge < -0.3 is 9.64 Å². The molecule has 2 aromatic heterocycles. The Kier molecular flexibility index (Phi) is 3.67. The van der Waals surface area contributed by atoms with Crippen LogP contribution in [-0.2, 0) is 34.5 Å². The summed E-state index contributed by atoms with van der Waals surface area (Å²) in [5, 5.41) is 6.38. The van der Waals surface area contributed by atoms with Gasteiger partial charge in [0.25, 0.3) is 0 Å². The number of hydrogen-bond donors (Lipinski definition) is 0. The smallest absolute Gasteiger partial charge is 0.226 e. The van der Waals surface area contributed by atoms with Gasteiger partial charge in [-0.1, -0.05) is 0 Å². The number of nitrogens with zero attached hydrogens (tertiary/aromatic N) is 4. The molecule has 5 heterocycles. The van der Waals surface area contributed by atoms with Gasteiger partial charge in [0.2, 0.25) is 5.91 Å². The molecule has 25 heavy (non-hydrogen) atoms. The molecule has 132 valence electrons. The fraction of sp³-hybridized carbons (Fsp3) is 0.611. The van der Waals surface area contributed by atoms with Crippen LogP contribution in [0.25, 0.3) is 0 Å². The number of rotatable bonds is 1. The number of likely N-dealkylation sites (tertiary alicyclic amines) is 1. The van der Waals surface area contributed by atoms with Crippen LogP contribution in [-0.4, -0.2) is 45.3 Å². The van der Waals surface area contributed by atoms with E-state index in [1.807, 2.05) is 20.9 Å². The van der Waals surface area contributed by atoms with Crippen molar-refractivity contribution in [3.05, 3.63) is 34.0 Å². The molecule has 0 aliphatic carbocycles. The molecule has 1 atom stereocenters. The van der Waals surface area contributed by atoms with Crippen LogP contribution >= 0.6 is 11.3 Å². The minimum Gasteiger partial charge on any atom is -0.369 e. The Balaban J connectivity index is 1.28. The lowest BCUT2D eigenvalue weighted by Crippen LogP contribution is -2.50. The van der Waals surface area contributed by atoms with E-state index in [1.165, 1.54) is 10.4 Å². The number of carbonyl (C=O) groups is 1. The van der Waals surface area contributed by atoms with Crippen molar-refractivity contribution in [3.63, 3.8) is 0 Å². The maximum absolute atomic E-state index is 13.0. The average Bonchev–Trinajstić information content (AvgIpc) is 3.31. The van der Waals surface area contributed by atoms with Crippen LogP contribution in [0, 0.1) is 5.92 Å². The normalized spacial score (nSPS) is 24.8. The van der Waals surface area contributed by atoms with E-state index < -0.39 is 0 Å². The van der Waals surface area contributed by atoms with Gasteiger partial charge in [0.05, 0.1) is 6.61 Å². The lowest BCUT2D eigenvalue weighted by atomic mass is 9.84. The number of carbonyl (C=O) groups excluding carboxylic acids is 1. The molecule has 6 nitrogen and oxygen atoms in total. The molecule has 7 heteroatoms. The zero-order valence-corrected chi connectivity index (χ0v) is 15.0. The van der Waals surface area contributed by atoms with E-state index in [1.54, 1.807) is 6.33 Å². The first kappa shape index (κ1) is 15.5. The van der Waals surface area contributed by atoms with E-state index in [4.69, 9.17) is 4.74 Å². The number of aryl methyl sites for hydroxylation is 1. The second-order valence-electron chi connectivity index (χ2n) is 7.28. The molecular weight excluding hydrogens is 336 g/mol. The van der Waals surface area contributed by atoms with E-state index >= 15 is 0 Å². The first-order chi connectivity index (χ1) is 12.3. The second-order valence-corrected chi connectivity index (χ2v) is 8.20. The average molecular weight is 358 g/mol. The van der Waals surface area contributed by atoms with Crippen LogP contribution < -0.4 is 0 Å². The summed E-state index contributed by atoms with van der Waals surface area (Å²) in [4.78, 5) is 20.7. The minimum atomic E-state index is -0.148. The summed E-state index contributed by atoms with van der Waals surface area (Å²) in [6.07, 6.45) is 6.01. The predicted molar refractivity (Wildman–Crippen MR) is 93.3 cm³/mol. The number of ether oxygens (including phenoxy) is 1. The van der Waals surface area contributed by atoms with Gasteiger partial charge in [0.1, 0.15) is 17.8 Å². The summed E-state index contributed by atoms with van der Waals surface area (Å²) >= 11 is 1.82. The standard InChI is InChI=1S/C18H22N4O2S/c23-17(14-1-6-22-15(11-14)19-12-20-22)21-7-4-18(5-8-21)16-13(2-9-24-18)3-10-25-16/h3,10,12,14H,1-2,4-9,11H2. The SMILES string of the molecule is O=C(C1CCn2ncnc2C1)N1CCC2(CC1)OCCc1ccsc12. The van der Waals surface area contributed by atoms with Gasteiger partial charge in [-0.05, 0) is 42.7 Å². The first-order valence-electron chi connectivity index (χ1n) is 9.11. The molecule has 0 N–H and O–H groups in total. The molecule has 1 amide bonds. The van der Waals surface area contributed by atoms with Crippen molar-refractivity contribution >= 4 is 17.2 Å². The molecule has 2 aromatic rings. The Labute approximate surface area is 150 Å². The van der Waals surface area contributed by atoms with Crippen LogP contribution in [0.15, 0.2) is 17.8 Å². The third-order valence-electron chi connectivity index (χ3n) is 5.96. The Morgan fingerprint density at radius 3 is 3.08 bits per heavy atom. The topological polar surface area (TPSA) is 60.2 Å². The van der Waals surface area contributed by atoms with Crippen LogP contribution in [0.1, 0.15) is 35.5 Å². The van der Waals surface area contributed by atoms with Gasteiger partial charge >= 0.3 is 0 Å². The molecule has 3 aliphatic rings. The minimum absolute atomic E-state index is 0.0512. The zero-order valence-electron chi connectivity index (χ0n) is 14.2. The van der Waals surface area contributed by atoms with E-state index in [0.717, 1.165) is 57.7 Å². The third kappa shape index (κ3) is 2.52. The molecule has 3 aliphatic heterocycles. The highest BCUT2D eigenvalue weighted by Crippen LogP contribution is 2.44. The molecule has 0 aromatic carbocycles. The Morgan fingerprint density at radius 2 is 2.20 bits per heavy atom. The summed E-state index contributed by atoms with van der Waals surface area (Å²) in [6.45, 7) is 3.18. The molecule has 0 saturated carbocycles. The summed E-state index contributed by atoms with van der Waals surface area (Å²) in [5.41, 5.74) is 1.30. The lowest BCUT2D eigenvalue weighted by molar-refractivity contribution is -0.145. The van der Waals surface area contributed by atoms with Crippen molar-refractivity contribution in [2.45, 2.75) is 44.2 Å². The largest absolute Gasteiger partial charge is 0.369 e. The number of thiophene rings is 1. The second kappa shape index (κ2) is 5.92. The van der Waals surface area contributed by atoms with Gasteiger partial charge in [-0.15, -0.1) is 11.3 Å². The molecule has 1 saturated heterocycles. The number of piperidine rings is 1. The van der Waals surface area contributed by atoms with Gasteiger partial charge in [-0.2, -0.15) is 5.10 Å². The lowest BCUT2D eigenvalue weighted by Gasteiger charge is -2.44. The fourth-order valence-electron chi connectivity index (χ4n) is 4.52. The summed E-state index contributed by atoms with van der Waals surface area (Å²) in [5.74, 6) is 1.28. The Hall–Kier alpha value is -1.73. The van der Waals surface area contributed by atoms with Gasteiger partial charge in [-0.3, -0.25) is 9.48 Å². The summed E-state index contributed by atoms with van der Waals surface area (Å²) in [6, 6.07) is 2.24. The molecule has 1 fully saturated rings. The molecule has 5 rings (SSSR count). The van der Waals surface area contributed by atoms with E-state index in [9.17, 15) is 4.79 Å². The molecule has 0 bridgehead atoms. The number of amides is 1. The first-order valence-corrected chi connectivity index (χ1v) is 9.99. The number of aromatic nitrogens is 3. The molecule has 0 radical (unpaired) electrons. The molecule has 1 unspecified atom stereocenters. The highest BCUT2D eigenvalue weighted by Gasteiger charge is 2.43. The quantitative estimate of drug-likeness (QED) is 0.782. The van der Waals surface area contributed by atoms with E-state index in [2.05, 4.69) is 21.5 Å². The third-order valence-corrected chi connectivity index (χ3v) is 7.10. The predicted octanol–water partition coefficient (Wildman–Crippen LogP) is 1.99. The van der Waals surface area contributed by atoms with E-state index in [0.29, 0.717) is 6.42 Å². The monoisotopic (exact) mass is 358 g/mol. The maximum atomic E-state index is 13.0. The highest BCUT2D eigenvalue weighted by atomic mass is 32.1. The Bertz CT molecular complexity index is 791. The fourth-order valence-corrected chi connectivity index (χ4v) is 5.68. The van der Waals surface area contributed by atoms with Crippen molar-refractivity contribution in [2.24, 2.45) is 5.92 Å². The van der Waals surface area contributed by atoms with Crippen LogP contribution in [0.5, 0.6) is 0 Å². The zero-order chi connectivity index (χ0) is 16.9. The van der Waals surface area contributed by atoms with Gasteiger partial charge in [0.15, 0.2) is 0 Å². The van der Waals surface area contributed by atoms with Crippen molar-refractivity contribution in [1.29, 1.82) is 0 Å². The molecule has 1 spiro atoms. The van der Waals surface area contributed by atoms with Crippen molar-refractivity contribution in [2.75, 3.05) is 19.7 Å². The number of hydrogen-bond acceptors (Lipinski definition) is 5. The van der Waals surface area contributed by atoms with Crippen molar-refractivity contribution < 1.29 is 9.53 Å². The van der Waals surface area contributed by atoms with Gasteiger partial charge in [-0.25, -0.2) is 4.98 Å². The van der Waals surface area contributed by atoms with Crippen molar-refractivity contribution in [3.8, 4) is 0 Å². The highest BCUT2D eigenvalue weighted by molar-refractivity contribution is 7.10. The van der Waals surface area contributed by atoms with Crippen LogP contribution in [0.3, 0.4) is 0 Å². The maximum Gasteiger partial charge on any atom is 0.226 e. The summed E-state index contributed by atoms with van der Waals surface area (Å²) < 4.78 is 8.17.